The van der Waals surface area contributed by atoms with Crippen LogP contribution in [-0.2, 0) is 9.84 Å². The molecule has 0 amide bonds. The van der Waals surface area contributed by atoms with Crippen molar-refractivity contribution in [2.45, 2.75) is 11.8 Å². The van der Waals surface area contributed by atoms with Crippen LogP contribution >= 0.6 is 11.5 Å². The molecule has 0 radical (unpaired) electrons. The monoisotopic (exact) mass is 271 g/mol. The fourth-order valence-corrected chi connectivity index (χ4v) is 3.86. The molecule has 0 N–H and O–H groups in total. The Morgan fingerprint density at radius 2 is 1.82 bits per heavy atom. The molecule has 3 nitrogen and oxygen atoms in total. The Hall–Kier alpha value is -1.27. The van der Waals surface area contributed by atoms with E-state index in [1.807, 2.05) is 0 Å². The van der Waals surface area contributed by atoms with Crippen molar-refractivity contribution in [1.29, 1.82) is 0 Å². The summed E-state index contributed by atoms with van der Waals surface area (Å²) in [5.41, 5.74) is 1.01. The molecule has 2 rings (SSSR count). The second kappa shape index (κ2) is 4.19. The lowest BCUT2D eigenvalue weighted by Crippen LogP contribution is -1.99. The van der Waals surface area contributed by atoms with Gasteiger partial charge in [0.1, 0.15) is 16.4 Å². The standard InChI is InChI=1S/C11H10FNO2S2/c1-7-11(17(2,14)15)10(13-16-7)8-3-5-9(12)6-4-8/h3-6H,1-2H3. The molecule has 17 heavy (non-hydrogen) atoms. The van der Waals surface area contributed by atoms with Gasteiger partial charge in [-0.15, -0.1) is 0 Å². The maximum absolute atomic E-state index is 12.8. The van der Waals surface area contributed by atoms with Gasteiger partial charge in [-0.25, -0.2) is 12.8 Å². The van der Waals surface area contributed by atoms with Gasteiger partial charge in [0.2, 0.25) is 0 Å². The Kier molecular flexibility index (Phi) is 3.01. The van der Waals surface area contributed by atoms with Crippen LogP contribution in [0.5, 0.6) is 0 Å². The summed E-state index contributed by atoms with van der Waals surface area (Å²) in [7, 11) is -3.32. The summed E-state index contributed by atoms with van der Waals surface area (Å²) in [5, 5.41) is 0. The molecule has 0 aliphatic heterocycles. The van der Waals surface area contributed by atoms with Gasteiger partial charge < -0.3 is 0 Å². The van der Waals surface area contributed by atoms with E-state index in [4.69, 9.17) is 0 Å². The average Bonchev–Trinajstić information content (AvgIpc) is 2.61. The minimum atomic E-state index is -3.32. The molecule has 6 heteroatoms. The van der Waals surface area contributed by atoms with Crippen molar-refractivity contribution in [3.8, 4) is 11.3 Å². The molecular weight excluding hydrogens is 261 g/mol. The van der Waals surface area contributed by atoms with E-state index in [2.05, 4.69) is 4.37 Å². The Morgan fingerprint density at radius 3 is 2.35 bits per heavy atom. The Balaban J connectivity index is 2.65. The van der Waals surface area contributed by atoms with E-state index in [0.29, 0.717) is 16.1 Å². The van der Waals surface area contributed by atoms with Crippen LogP contribution in [0.4, 0.5) is 4.39 Å². The van der Waals surface area contributed by atoms with Crippen molar-refractivity contribution in [1.82, 2.24) is 4.37 Å². The van der Waals surface area contributed by atoms with Crippen LogP contribution in [0.3, 0.4) is 0 Å². The lowest BCUT2D eigenvalue weighted by Gasteiger charge is -2.01. The number of rotatable bonds is 2. The highest BCUT2D eigenvalue weighted by Gasteiger charge is 2.21. The summed E-state index contributed by atoms with van der Waals surface area (Å²) < 4.78 is 40.3. The molecular formula is C11H10FNO2S2. The third-order valence-electron chi connectivity index (χ3n) is 2.30. The number of nitrogens with zero attached hydrogens (tertiary/aromatic N) is 1. The average molecular weight is 271 g/mol. The molecule has 0 saturated carbocycles. The maximum Gasteiger partial charge on any atom is 0.178 e. The molecule has 1 heterocycles. The molecule has 0 aliphatic rings. The summed E-state index contributed by atoms with van der Waals surface area (Å²) in [6.45, 7) is 1.71. The van der Waals surface area contributed by atoms with Crippen molar-refractivity contribution < 1.29 is 12.8 Å². The first-order chi connectivity index (χ1) is 7.89. The fraction of sp³-hybridized carbons (Fsp3) is 0.182. The lowest BCUT2D eigenvalue weighted by molar-refractivity contribution is 0.602. The Morgan fingerprint density at radius 1 is 1.24 bits per heavy atom. The highest BCUT2D eigenvalue weighted by atomic mass is 32.2. The SMILES string of the molecule is Cc1snc(-c2ccc(F)cc2)c1S(C)(=O)=O. The van der Waals surface area contributed by atoms with Crippen molar-refractivity contribution >= 4 is 21.4 Å². The molecule has 1 aromatic heterocycles. The molecule has 0 bridgehead atoms. The Labute approximate surface area is 103 Å². The molecule has 1 aromatic carbocycles. The van der Waals surface area contributed by atoms with Crippen molar-refractivity contribution in [3.05, 3.63) is 35.0 Å². The maximum atomic E-state index is 12.8. The number of benzene rings is 1. The minimum absolute atomic E-state index is 0.231. The Bertz CT molecular complexity index is 645. The minimum Gasteiger partial charge on any atom is -0.224 e. The first-order valence-electron chi connectivity index (χ1n) is 4.82. The molecule has 2 aromatic rings. The van der Waals surface area contributed by atoms with Crippen molar-refractivity contribution in [3.63, 3.8) is 0 Å². The number of halogens is 1. The fourth-order valence-electron chi connectivity index (χ4n) is 1.59. The smallest absolute Gasteiger partial charge is 0.178 e. The van der Waals surface area contributed by atoms with Gasteiger partial charge in [-0.1, -0.05) is 0 Å². The van der Waals surface area contributed by atoms with Gasteiger partial charge in [0.15, 0.2) is 9.84 Å². The molecule has 90 valence electrons. The van der Waals surface area contributed by atoms with E-state index in [1.54, 1.807) is 6.92 Å². The molecule has 0 unspecified atom stereocenters. The van der Waals surface area contributed by atoms with Gasteiger partial charge in [-0.2, -0.15) is 4.37 Å². The third kappa shape index (κ3) is 2.37. The van der Waals surface area contributed by atoms with Gasteiger partial charge in [0.25, 0.3) is 0 Å². The predicted octanol–water partition coefficient (Wildman–Crippen LogP) is 2.66. The van der Waals surface area contributed by atoms with Crippen LogP contribution in [0, 0.1) is 12.7 Å². The summed E-state index contributed by atoms with van der Waals surface area (Å²) in [4.78, 5) is 0.876. The summed E-state index contributed by atoms with van der Waals surface area (Å²) in [5.74, 6) is -0.360. The quantitative estimate of drug-likeness (QED) is 0.843. The van der Waals surface area contributed by atoms with Crippen LogP contribution in [-0.4, -0.2) is 19.0 Å². The van der Waals surface area contributed by atoms with Crippen LogP contribution in [0.1, 0.15) is 4.88 Å². The van der Waals surface area contributed by atoms with Crippen LogP contribution in [0.2, 0.25) is 0 Å². The van der Waals surface area contributed by atoms with Gasteiger partial charge in [0, 0.05) is 16.7 Å². The van der Waals surface area contributed by atoms with Gasteiger partial charge >= 0.3 is 0 Å². The predicted molar refractivity (Wildman–Crippen MR) is 65.4 cm³/mol. The number of aryl methyl sites for hydroxylation is 1. The van der Waals surface area contributed by atoms with E-state index in [0.717, 1.165) is 17.8 Å². The zero-order valence-corrected chi connectivity index (χ0v) is 10.9. The van der Waals surface area contributed by atoms with Crippen molar-refractivity contribution in [2.75, 3.05) is 6.26 Å². The topological polar surface area (TPSA) is 47.0 Å². The number of aromatic nitrogens is 1. The second-order valence-corrected chi connectivity index (χ2v) is 6.63. The zero-order chi connectivity index (χ0) is 12.6. The van der Waals surface area contributed by atoms with E-state index in [-0.39, 0.29) is 10.7 Å². The van der Waals surface area contributed by atoms with Gasteiger partial charge in [-0.05, 0) is 42.7 Å². The second-order valence-electron chi connectivity index (χ2n) is 3.70. The first-order valence-corrected chi connectivity index (χ1v) is 7.48. The number of hydrogen-bond acceptors (Lipinski definition) is 4. The van der Waals surface area contributed by atoms with Crippen LogP contribution < -0.4 is 0 Å². The summed E-state index contributed by atoms with van der Waals surface area (Å²) >= 11 is 1.13. The molecule has 0 saturated heterocycles. The first kappa shape index (κ1) is 12.2. The molecule has 0 aliphatic carbocycles. The van der Waals surface area contributed by atoms with Gasteiger partial charge in [0.05, 0.1) is 0 Å². The summed E-state index contributed by atoms with van der Waals surface area (Å²) in [6.07, 6.45) is 1.15. The van der Waals surface area contributed by atoms with Gasteiger partial charge in [-0.3, -0.25) is 0 Å². The van der Waals surface area contributed by atoms with Crippen molar-refractivity contribution in [2.24, 2.45) is 0 Å². The highest BCUT2D eigenvalue weighted by molar-refractivity contribution is 7.91. The van der Waals surface area contributed by atoms with E-state index in [9.17, 15) is 12.8 Å². The van der Waals surface area contributed by atoms with E-state index >= 15 is 0 Å². The normalized spacial score (nSPS) is 11.7. The van der Waals surface area contributed by atoms with E-state index < -0.39 is 9.84 Å². The van der Waals surface area contributed by atoms with Crippen LogP contribution in [0.15, 0.2) is 29.2 Å². The number of sulfone groups is 1. The third-order valence-corrected chi connectivity index (χ3v) is 4.42. The lowest BCUT2D eigenvalue weighted by atomic mass is 10.1. The van der Waals surface area contributed by atoms with E-state index in [1.165, 1.54) is 24.3 Å². The zero-order valence-electron chi connectivity index (χ0n) is 9.27. The van der Waals surface area contributed by atoms with Crippen LogP contribution in [0.25, 0.3) is 11.3 Å². The number of hydrogen-bond donors (Lipinski definition) is 0. The molecule has 0 spiro atoms. The molecule has 0 fully saturated rings. The largest absolute Gasteiger partial charge is 0.224 e. The molecule has 0 atom stereocenters. The summed E-state index contributed by atoms with van der Waals surface area (Å²) in [6, 6.07) is 5.63. The highest BCUT2D eigenvalue weighted by Crippen LogP contribution is 2.31.